The number of nitrogens with zero attached hydrogens (tertiary/aromatic N) is 4. The highest BCUT2D eigenvalue weighted by Crippen LogP contribution is 2.34. The summed E-state index contributed by atoms with van der Waals surface area (Å²) in [4.78, 5) is 33.3. The number of H-pyrrole nitrogens is 1. The highest BCUT2D eigenvalue weighted by molar-refractivity contribution is 6.08. The summed E-state index contributed by atoms with van der Waals surface area (Å²) in [6.45, 7) is 3.32. The molecular formula is C29H29N5O3. The van der Waals surface area contributed by atoms with Crippen LogP contribution in [0.25, 0.3) is 17.1 Å². The summed E-state index contributed by atoms with van der Waals surface area (Å²) in [5, 5.41) is 4.92. The lowest BCUT2D eigenvalue weighted by Crippen LogP contribution is -2.39. The van der Waals surface area contributed by atoms with E-state index in [1.165, 1.54) is 0 Å². The van der Waals surface area contributed by atoms with Gasteiger partial charge in [0.05, 0.1) is 18.5 Å². The van der Waals surface area contributed by atoms with Crippen molar-refractivity contribution in [2.24, 2.45) is 0 Å². The summed E-state index contributed by atoms with van der Waals surface area (Å²) in [7, 11) is 1.63. The number of hydrogen-bond acceptors (Lipinski definition) is 4. The van der Waals surface area contributed by atoms with Gasteiger partial charge in [0.2, 0.25) is 5.91 Å². The Labute approximate surface area is 215 Å². The molecule has 1 saturated heterocycles. The number of benzene rings is 2. The minimum Gasteiger partial charge on any atom is -0.497 e. The van der Waals surface area contributed by atoms with Crippen LogP contribution in [0.3, 0.4) is 0 Å². The Bertz CT molecular complexity index is 1470. The van der Waals surface area contributed by atoms with Gasteiger partial charge in [-0.25, -0.2) is 4.68 Å². The molecule has 6 rings (SSSR count). The second kappa shape index (κ2) is 9.28. The number of methoxy groups -OCH3 is 1. The van der Waals surface area contributed by atoms with Gasteiger partial charge in [-0.2, -0.15) is 5.10 Å². The van der Waals surface area contributed by atoms with Gasteiger partial charge >= 0.3 is 0 Å². The molecule has 2 aliphatic rings. The first-order valence-corrected chi connectivity index (χ1v) is 12.7. The molecule has 4 aromatic rings. The number of aromatic nitrogens is 3. The van der Waals surface area contributed by atoms with Gasteiger partial charge in [-0.15, -0.1) is 0 Å². The van der Waals surface area contributed by atoms with E-state index in [1.54, 1.807) is 16.7 Å². The predicted octanol–water partition coefficient (Wildman–Crippen LogP) is 4.90. The van der Waals surface area contributed by atoms with Crippen molar-refractivity contribution in [1.82, 2.24) is 14.8 Å². The molecule has 1 fully saturated rings. The Morgan fingerprint density at radius 1 is 0.865 bits per heavy atom. The van der Waals surface area contributed by atoms with Crippen molar-refractivity contribution in [3.05, 3.63) is 77.6 Å². The molecule has 0 aliphatic carbocycles. The summed E-state index contributed by atoms with van der Waals surface area (Å²) < 4.78 is 7.06. The smallest absolute Gasteiger partial charge is 0.277 e. The number of carbonyl (C=O) groups is 2. The number of fused-ring (bicyclic) bond motifs is 1. The normalized spacial score (nSPS) is 15.7. The van der Waals surface area contributed by atoms with Crippen molar-refractivity contribution < 1.29 is 14.3 Å². The first-order valence-electron chi connectivity index (χ1n) is 12.7. The molecule has 2 aromatic heterocycles. The lowest BCUT2D eigenvalue weighted by molar-refractivity contribution is -0.119. The fraction of sp³-hybridized carbons (Fsp3) is 0.276. The second-order valence-corrected chi connectivity index (χ2v) is 9.60. The molecule has 4 heterocycles. The third-order valence-electron chi connectivity index (χ3n) is 7.21. The lowest BCUT2D eigenvalue weighted by atomic mass is 10.0. The zero-order chi connectivity index (χ0) is 25.5. The first kappa shape index (κ1) is 23.1. The molecule has 0 atom stereocenters. The van der Waals surface area contributed by atoms with Gasteiger partial charge in [0.1, 0.15) is 17.1 Å². The van der Waals surface area contributed by atoms with Crippen LogP contribution in [0.2, 0.25) is 0 Å². The Kier molecular flexibility index (Phi) is 5.79. The van der Waals surface area contributed by atoms with Crippen molar-refractivity contribution in [1.29, 1.82) is 0 Å². The molecule has 0 unspecified atom stereocenters. The van der Waals surface area contributed by atoms with Crippen LogP contribution in [-0.4, -0.2) is 46.8 Å². The summed E-state index contributed by atoms with van der Waals surface area (Å²) in [5.41, 5.74) is 6.79. The van der Waals surface area contributed by atoms with Crippen molar-refractivity contribution >= 4 is 23.2 Å². The van der Waals surface area contributed by atoms with E-state index in [1.807, 2.05) is 66.6 Å². The van der Waals surface area contributed by atoms with Crippen molar-refractivity contribution in [3.63, 3.8) is 0 Å². The number of ether oxygens (including phenoxy) is 1. The largest absolute Gasteiger partial charge is 0.497 e. The molecule has 0 radical (unpaired) electrons. The topological polar surface area (TPSA) is 83.5 Å². The second-order valence-electron chi connectivity index (χ2n) is 9.60. The maximum atomic E-state index is 14.0. The monoisotopic (exact) mass is 495 g/mol. The van der Waals surface area contributed by atoms with Crippen LogP contribution < -0.4 is 14.5 Å². The maximum Gasteiger partial charge on any atom is 0.277 e. The molecule has 2 amide bonds. The van der Waals surface area contributed by atoms with E-state index in [0.29, 0.717) is 25.1 Å². The van der Waals surface area contributed by atoms with Gasteiger partial charge in [0.25, 0.3) is 5.91 Å². The van der Waals surface area contributed by atoms with E-state index >= 15 is 0 Å². The molecule has 0 bridgehead atoms. The molecular weight excluding hydrogens is 466 g/mol. The summed E-state index contributed by atoms with van der Waals surface area (Å²) in [5.74, 6) is 0.805. The van der Waals surface area contributed by atoms with Crippen LogP contribution in [0.5, 0.6) is 5.75 Å². The summed E-state index contributed by atoms with van der Waals surface area (Å²) >= 11 is 0. The third kappa shape index (κ3) is 4.08. The zero-order valence-corrected chi connectivity index (χ0v) is 21.0. The maximum absolute atomic E-state index is 14.0. The SMILES string of the molecule is COc1ccc(-n2nc(-c3cc(C)c[nH]3)c3c2C(=O)N(c2ccc(N4CCCCC4=O)cc2)CC3)cc1. The summed E-state index contributed by atoms with van der Waals surface area (Å²) in [6.07, 6.45) is 5.17. The van der Waals surface area contributed by atoms with Crippen molar-refractivity contribution in [2.75, 3.05) is 30.0 Å². The Morgan fingerprint density at radius 3 is 2.22 bits per heavy atom. The highest BCUT2D eigenvalue weighted by atomic mass is 16.5. The minimum atomic E-state index is -0.0964. The van der Waals surface area contributed by atoms with Crippen LogP contribution >= 0.6 is 0 Å². The number of hydrogen-bond donors (Lipinski definition) is 1. The van der Waals surface area contributed by atoms with Gasteiger partial charge in [-0.1, -0.05) is 0 Å². The number of aromatic amines is 1. The number of carbonyl (C=O) groups excluding carboxylic acids is 2. The fourth-order valence-electron chi connectivity index (χ4n) is 5.26. The minimum absolute atomic E-state index is 0.0964. The third-order valence-corrected chi connectivity index (χ3v) is 7.21. The fourth-order valence-corrected chi connectivity index (χ4v) is 5.26. The van der Waals surface area contributed by atoms with E-state index in [2.05, 4.69) is 11.1 Å². The van der Waals surface area contributed by atoms with E-state index in [9.17, 15) is 9.59 Å². The average molecular weight is 496 g/mol. The van der Waals surface area contributed by atoms with E-state index in [-0.39, 0.29) is 11.8 Å². The first-order chi connectivity index (χ1) is 18.0. The number of anilines is 2. The zero-order valence-electron chi connectivity index (χ0n) is 21.0. The molecule has 37 heavy (non-hydrogen) atoms. The molecule has 2 aliphatic heterocycles. The van der Waals surface area contributed by atoms with Crippen molar-refractivity contribution in [3.8, 4) is 22.8 Å². The Hall–Kier alpha value is -4.33. The molecule has 2 aromatic carbocycles. The summed E-state index contributed by atoms with van der Waals surface area (Å²) in [6, 6.07) is 17.4. The van der Waals surface area contributed by atoms with E-state index in [0.717, 1.165) is 64.7 Å². The highest BCUT2D eigenvalue weighted by Gasteiger charge is 2.34. The Balaban J connectivity index is 1.38. The van der Waals surface area contributed by atoms with Crippen LogP contribution in [0.15, 0.2) is 60.8 Å². The van der Waals surface area contributed by atoms with Gasteiger partial charge in [-0.05, 0) is 86.3 Å². The number of amides is 2. The standard InChI is InChI=1S/C29H29N5O3/c1-19-17-25(30-18-19)27-24-14-16-33(21-8-6-20(7-9-21)32-15-4-3-5-26(32)35)29(36)28(24)34(31-27)22-10-12-23(37-2)13-11-22/h6-13,17-18,30H,3-5,14-16H2,1-2H3. The molecule has 188 valence electrons. The van der Waals surface area contributed by atoms with Crippen LogP contribution in [0, 0.1) is 6.92 Å². The van der Waals surface area contributed by atoms with E-state index < -0.39 is 0 Å². The molecule has 0 spiro atoms. The number of nitrogens with one attached hydrogen (secondary N) is 1. The van der Waals surface area contributed by atoms with Gasteiger partial charge in [0.15, 0.2) is 0 Å². The van der Waals surface area contributed by atoms with Crippen molar-refractivity contribution in [2.45, 2.75) is 32.6 Å². The van der Waals surface area contributed by atoms with Crippen LogP contribution in [0.1, 0.15) is 40.9 Å². The van der Waals surface area contributed by atoms with E-state index in [4.69, 9.17) is 9.84 Å². The number of aryl methyl sites for hydroxylation is 1. The van der Waals surface area contributed by atoms with Gasteiger partial charge in [-0.3, -0.25) is 9.59 Å². The van der Waals surface area contributed by atoms with Crippen LogP contribution in [0.4, 0.5) is 11.4 Å². The molecule has 0 saturated carbocycles. The quantitative estimate of drug-likeness (QED) is 0.427. The van der Waals surface area contributed by atoms with Crippen LogP contribution in [-0.2, 0) is 11.2 Å². The number of rotatable bonds is 5. The average Bonchev–Trinajstić information content (AvgIpc) is 3.53. The predicted molar refractivity (Wildman–Crippen MR) is 143 cm³/mol. The van der Waals surface area contributed by atoms with Gasteiger partial charge in [0, 0.05) is 42.6 Å². The Morgan fingerprint density at radius 2 is 1.57 bits per heavy atom. The molecule has 1 N–H and O–H groups in total. The van der Waals surface area contributed by atoms with Gasteiger partial charge < -0.3 is 19.5 Å². The molecule has 8 nitrogen and oxygen atoms in total. The molecule has 8 heteroatoms. The number of piperidine rings is 1. The lowest BCUT2D eigenvalue weighted by Gasteiger charge is -2.29.